The van der Waals surface area contributed by atoms with E-state index in [9.17, 15) is 4.79 Å². The third-order valence-electron chi connectivity index (χ3n) is 1.76. The molecule has 2 heterocycles. The average Bonchev–Trinajstić information content (AvgIpc) is 2.18. The molecular weight excluding hydrogens is 166 g/mol. The molecule has 0 fully saturated rings. The summed E-state index contributed by atoms with van der Waals surface area (Å²) in [6, 6.07) is 6.31. The highest BCUT2D eigenvalue weighted by Gasteiger charge is 2.00. The maximum Gasteiger partial charge on any atom is 0.264 e. The zero-order valence-corrected chi connectivity index (χ0v) is 6.64. The molecule has 0 N–H and O–H groups in total. The van der Waals surface area contributed by atoms with Gasteiger partial charge in [-0.2, -0.15) is 5.26 Å². The van der Waals surface area contributed by atoms with Crippen molar-refractivity contribution in [2.75, 3.05) is 0 Å². The molecule has 0 aromatic carbocycles. The van der Waals surface area contributed by atoms with E-state index in [2.05, 4.69) is 4.98 Å². The maximum absolute atomic E-state index is 11.2. The lowest BCUT2D eigenvalue weighted by Gasteiger charge is -1.98. The summed E-state index contributed by atoms with van der Waals surface area (Å²) in [6.45, 7) is 0. The first-order valence-electron chi connectivity index (χ1n) is 3.70. The Morgan fingerprint density at radius 3 is 3.00 bits per heavy atom. The van der Waals surface area contributed by atoms with E-state index in [0.717, 1.165) is 4.57 Å². The summed E-state index contributed by atoms with van der Waals surface area (Å²) in [6.07, 6.45) is 3.42. The van der Waals surface area contributed by atoms with Crippen LogP contribution >= 0.6 is 0 Å². The number of aromatic nitrogens is 2. The van der Waals surface area contributed by atoms with Crippen molar-refractivity contribution < 1.29 is 0 Å². The van der Waals surface area contributed by atoms with Crippen LogP contribution in [0.3, 0.4) is 0 Å². The topological polar surface area (TPSA) is 58.7 Å². The molecule has 0 aliphatic rings. The van der Waals surface area contributed by atoms with Gasteiger partial charge in [-0.3, -0.25) is 9.78 Å². The monoisotopic (exact) mass is 171 g/mol. The number of pyridine rings is 2. The van der Waals surface area contributed by atoms with Crippen molar-refractivity contribution in [3.8, 4) is 6.19 Å². The summed E-state index contributed by atoms with van der Waals surface area (Å²) < 4.78 is 1.02. The summed E-state index contributed by atoms with van der Waals surface area (Å²) in [5.41, 5.74) is 0.851. The van der Waals surface area contributed by atoms with E-state index < -0.39 is 0 Å². The molecule has 0 radical (unpaired) electrons. The molecule has 0 amide bonds. The summed E-state index contributed by atoms with van der Waals surface area (Å²) >= 11 is 0. The molecule has 4 nitrogen and oxygen atoms in total. The molecule has 0 atom stereocenters. The van der Waals surface area contributed by atoms with Crippen molar-refractivity contribution in [1.82, 2.24) is 9.55 Å². The molecule has 0 saturated carbocycles. The molecular formula is C9H5N3O. The van der Waals surface area contributed by atoms with Crippen LogP contribution < -0.4 is 5.56 Å². The summed E-state index contributed by atoms with van der Waals surface area (Å²) in [5, 5.41) is 8.70. The van der Waals surface area contributed by atoms with Gasteiger partial charge in [0.2, 0.25) is 0 Å². The van der Waals surface area contributed by atoms with Crippen LogP contribution in [0.15, 0.2) is 35.3 Å². The Labute approximate surface area is 73.7 Å². The Morgan fingerprint density at radius 1 is 1.38 bits per heavy atom. The number of fused-ring (bicyclic) bond motifs is 1. The molecule has 2 aromatic rings. The smallest absolute Gasteiger partial charge is 0.264 e. The van der Waals surface area contributed by atoms with Crippen molar-refractivity contribution in [2.45, 2.75) is 0 Å². The van der Waals surface area contributed by atoms with Gasteiger partial charge < -0.3 is 0 Å². The van der Waals surface area contributed by atoms with Crippen molar-refractivity contribution in [1.29, 1.82) is 5.26 Å². The van der Waals surface area contributed by atoms with Crippen LogP contribution in [-0.2, 0) is 0 Å². The van der Waals surface area contributed by atoms with Crippen molar-refractivity contribution in [2.24, 2.45) is 0 Å². The van der Waals surface area contributed by atoms with Crippen LogP contribution in [0.25, 0.3) is 11.0 Å². The highest BCUT2D eigenvalue weighted by atomic mass is 16.1. The minimum absolute atomic E-state index is 0.331. The van der Waals surface area contributed by atoms with Gasteiger partial charge in [0.05, 0.1) is 11.0 Å². The number of hydrogen-bond acceptors (Lipinski definition) is 3. The van der Waals surface area contributed by atoms with Gasteiger partial charge in [0.25, 0.3) is 5.56 Å². The van der Waals surface area contributed by atoms with Crippen LogP contribution in [0.4, 0.5) is 0 Å². The summed E-state index contributed by atoms with van der Waals surface area (Å²) in [5.74, 6) is 0. The first-order chi connectivity index (χ1) is 6.33. The Hall–Kier alpha value is -2.15. The van der Waals surface area contributed by atoms with E-state index in [1.807, 2.05) is 0 Å². The van der Waals surface area contributed by atoms with Gasteiger partial charge in [0, 0.05) is 12.3 Å². The number of hydrogen-bond donors (Lipinski definition) is 0. The van der Waals surface area contributed by atoms with E-state index in [1.165, 1.54) is 6.07 Å². The Kier molecular flexibility index (Phi) is 1.57. The van der Waals surface area contributed by atoms with Gasteiger partial charge in [-0.15, -0.1) is 0 Å². The van der Waals surface area contributed by atoms with Gasteiger partial charge in [-0.05, 0) is 18.2 Å². The van der Waals surface area contributed by atoms with Gasteiger partial charge in [0.1, 0.15) is 0 Å². The highest BCUT2D eigenvalue weighted by Crippen LogP contribution is 2.05. The van der Waals surface area contributed by atoms with Crippen molar-refractivity contribution in [3.05, 3.63) is 40.8 Å². The lowest BCUT2D eigenvalue weighted by Crippen LogP contribution is -2.15. The van der Waals surface area contributed by atoms with Gasteiger partial charge in [-0.1, -0.05) is 0 Å². The summed E-state index contributed by atoms with van der Waals surface area (Å²) in [7, 11) is 0. The van der Waals surface area contributed by atoms with E-state index in [4.69, 9.17) is 5.26 Å². The third-order valence-corrected chi connectivity index (χ3v) is 1.76. The zero-order chi connectivity index (χ0) is 9.26. The van der Waals surface area contributed by atoms with Crippen molar-refractivity contribution in [3.63, 3.8) is 0 Å². The number of nitriles is 1. The van der Waals surface area contributed by atoms with Gasteiger partial charge in [-0.25, -0.2) is 4.57 Å². The lowest BCUT2D eigenvalue weighted by atomic mass is 10.3. The first-order valence-corrected chi connectivity index (χ1v) is 3.70. The predicted molar refractivity (Wildman–Crippen MR) is 47.0 cm³/mol. The first kappa shape index (κ1) is 7.50. The summed E-state index contributed by atoms with van der Waals surface area (Å²) in [4.78, 5) is 15.2. The Balaban J connectivity index is 3.03. The second-order valence-electron chi connectivity index (χ2n) is 2.51. The van der Waals surface area contributed by atoms with Crippen LogP contribution in [0.1, 0.15) is 0 Å². The van der Waals surface area contributed by atoms with Gasteiger partial charge in [0.15, 0.2) is 6.19 Å². The second kappa shape index (κ2) is 2.72. The Morgan fingerprint density at radius 2 is 2.23 bits per heavy atom. The van der Waals surface area contributed by atoms with Crippen LogP contribution in [0.2, 0.25) is 0 Å². The van der Waals surface area contributed by atoms with Gasteiger partial charge >= 0.3 is 0 Å². The minimum atomic E-state index is -0.331. The predicted octanol–water partition coefficient (Wildman–Crippen LogP) is 0.726. The number of nitrogens with zero attached hydrogens (tertiary/aromatic N) is 3. The fourth-order valence-corrected chi connectivity index (χ4v) is 1.17. The zero-order valence-electron chi connectivity index (χ0n) is 6.64. The van der Waals surface area contributed by atoms with Crippen molar-refractivity contribution >= 4 is 11.0 Å². The molecule has 0 bridgehead atoms. The second-order valence-corrected chi connectivity index (χ2v) is 2.51. The molecule has 0 unspecified atom stereocenters. The molecule has 4 heteroatoms. The fraction of sp³-hybridized carbons (Fsp3) is 0. The van der Waals surface area contributed by atoms with E-state index in [1.54, 1.807) is 30.6 Å². The van der Waals surface area contributed by atoms with Crippen LogP contribution in [0.5, 0.6) is 0 Å². The van der Waals surface area contributed by atoms with Crippen LogP contribution in [0, 0.1) is 11.5 Å². The Bertz CT molecular complexity index is 551. The molecule has 0 aliphatic heterocycles. The van der Waals surface area contributed by atoms with E-state index in [0.29, 0.717) is 11.0 Å². The average molecular weight is 171 g/mol. The lowest BCUT2D eigenvalue weighted by molar-refractivity contribution is 1.06. The number of rotatable bonds is 0. The minimum Gasteiger partial charge on any atom is -0.268 e. The molecule has 0 saturated heterocycles. The highest BCUT2D eigenvalue weighted by molar-refractivity contribution is 5.74. The maximum atomic E-state index is 11.2. The largest absolute Gasteiger partial charge is 0.268 e. The molecule has 0 aliphatic carbocycles. The molecule has 0 spiro atoms. The van der Waals surface area contributed by atoms with E-state index >= 15 is 0 Å². The third kappa shape index (κ3) is 1.07. The molecule has 13 heavy (non-hydrogen) atoms. The fourth-order valence-electron chi connectivity index (χ4n) is 1.17. The molecule has 62 valence electrons. The quantitative estimate of drug-likeness (QED) is 0.587. The normalized spacial score (nSPS) is 9.77. The molecule has 2 rings (SSSR count). The SMILES string of the molecule is N#Cn1c(=O)ccc2ncccc21. The van der Waals surface area contributed by atoms with Crippen LogP contribution in [-0.4, -0.2) is 9.55 Å². The van der Waals surface area contributed by atoms with E-state index in [-0.39, 0.29) is 5.56 Å². The molecule has 2 aromatic heterocycles. The standard InChI is InChI=1S/C9H5N3O/c10-6-12-8-2-1-5-11-7(8)3-4-9(12)13/h1-5H.